The van der Waals surface area contributed by atoms with Gasteiger partial charge in [0.2, 0.25) is 0 Å². The summed E-state index contributed by atoms with van der Waals surface area (Å²) < 4.78 is 36.1. The molecule has 0 aliphatic rings. The van der Waals surface area contributed by atoms with Crippen molar-refractivity contribution in [3.05, 3.63) is 27.3 Å². The van der Waals surface area contributed by atoms with E-state index in [2.05, 4.69) is 0 Å². The van der Waals surface area contributed by atoms with Crippen molar-refractivity contribution in [2.45, 2.75) is 6.18 Å². The lowest BCUT2D eigenvalue weighted by molar-refractivity contribution is -0.0885. The van der Waals surface area contributed by atoms with Gasteiger partial charge >= 0.3 is 6.18 Å². The fourth-order valence-electron chi connectivity index (χ4n) is 0.812. The van der Waals surface area contributed by atoms with E-state index in [1.807, 2.05) is 0 Å². The lowest BCUT2D eigenvalue weighted by atomic mass is 10.1. The van der Waals surface area contributed by atoms with E-state index in [0.717, 1.165) is 18.2 Å². The van der Waals surface area contributed by atoms with Crippen LogP contribution >= 0.6 is 22.6 Å². The number of ketones is 1. The first-order chi connectivity index (χ1) is 6.32. The molecule has 0 aliphatic heterocycles. The third-order valence-electron chi connectivity index (χ3n) is 1.47. The second kappa shape index (κ2) is 3.76. The van der Waals surface area contributed by atoms with Gasteiger partial charge < -0.3 is 5.11 Å². The predicted octanol–water partition coefficient (Wildman–Crippen LogP) is 2.74. The Morgan fingerprint density at radius 1 is 1.36 bits per heavy atom. The molecule has 0 aromatic heterocycles. The molecule has 0 radical (unpaired) electrons. The molecule has 0 saturated heterocycles. The molecule has 1 N–H and O–H groups in total. The van der Waals surface area contributed by atoms with Gasteiger partial charge in [0.1, 0.15) is 5.75 Å². The molecule has 1 aromatic carbocycles. The zero-order chi connectivity index (χ0) is 10.9. The topological polar surface area (TPSA) is 37.3 Å². The number of phenolic OH excluding ortho intramolecular Hbond substituents is 1. The van der Waals surface area contributed by atoms with E-state index in [0.29, 0.717) is 0 Å². The van der Waals surface area contributed by atoms with Crippen LogP contribution in [0.25, 0.3) is 0 Å². The normalized spacial score (nSPS) is 11.4. The molecule has 1 rings (SSSR count). The molecule has 0 atom stereocenters. The number of hydrogen-bond donors (Lipinski definition) is 1. The number of carbonyl (C=O) groups excluding carboxylic acids is 1. The summed E-state index contributed by atoms with van der Waals surface area (Å²) in [5.41, 5.74) is -0.472. The highest BCUT2D eigenvalue weighted by atomic mass is 127. The van der Waals surface area contributed by atoms with Crippen molar-refractivity contribution in [1.82, 2.24) is 0 Å². The minimum absolute atomic E-state index is 0.149. The minimum atomic E-state index is -4.87. The van der Waals surface area contributed by atoms with Crippen LogP contribution in [0.15, 0.2) is 18.2 Å². The molecular formula is C8H4F3IO2. The number of alkyl halides is 3. The Kier molecular flexibility index (Phi) is 3.03. The lowest BCUT2D eigenvalue weighted by Gasteiger charge is -2.05. The fourth-order valence-corrected chi connectivity index (χ4v) is 1.33. The van der Waals surface area contributed by atoms with Crippen molar-refractivity contribution in [1.29, 1.82) is 0 Å². The van der Waals surface area contributed by atoms with Crippen LogP contribution in [0.3, 0.4) is 0 Å². The van der Waals surface area contributed by atoms with E-state index in [9.17, 15) is 18.0 Å². The number of carbonyl (C=O) groups is 1. The number of hydrogen-bond acceptors (Lipinski definition) is 2. The van der Waals surface area contributed by atoms with Gasteiger partial charge in [-0.05, 0) is 40.8 Å². The first-order valence-electron chi connectivity index (χ1n) is 3.42. The number of phenols is 1. The first-order valence-corrected chi connectivity index (χ1v) is 4.50. The molecule has 0 spiro atoms. The minimum Gasteiger partial charge on any atom is -0.507 e. The zero-order valence-electron chi connectivity index (χ0n) is 6.60. The van der Waals surface area contributed by atoms with Crippen LogP contribution in [0.5, 0.6) is 5.75 Å². The smallest absolute Gasteiger partial charge is 0.454 e. The van der Waals surface area contributed by atoms with Crippen molar-refractivity contribution in [2.24, 2.45) is 0 Å². The summed E-state index contributed by atoms with van der Waals surface area (Å²) in [7, 11) is 0. The molecule has 0 unspecified atom stereocenters. The number of rotatable bonds is 1. The lowest BCUT2D eigenvalue weighted by Crippen LogP contribution is -2.22. The Balaban J connectivity index is 3.10. The third kappa shape index (κ3) is 2.37. The van der Waals surface area contributed by atoms with E-state index in [1.54, 1.807) is 22.6 Å². The van der Waals surface area contributed by atoms with Crippen molar-refractivity contribution in [3.8, 4) is 5.75 Å². The van der Waals surface area contributed by atoms with Crippen molar-refractivity contribution in [3.63, 3.8) is 0 Å². The SMILES string of the molecule is O=C(c1ccc(O)c(I)c1)C(F)(F)F. The van der Waals surface area contributed by atoms with Gasteiger partial charge in [-0.1, -0.05) is 0 Å². The molecule has 0 fully saturated rings. The molecular weight excluding hydrogens is 312 g/mol. The fraction of sp³-hybridized carbons (Fsp3) is 0.125. The Bertz CT molecular complexity index is 373. The molecule has 6 heteroatoms. The number of aromatic hydroxyl groups is 1. The summed E-state index contributed by atoms with van der Waals surface area (Å²) in [5, 5.41) is 9.03. The molecule has 76 valence electrons. The molecule has 0 amide bonds. The Labute approximate surface area is 90.9 Å². The average Bonchev–Trinajstić information content (AvgIpc) is 2.07. The third-order valence-corrected chi connectivity index (χ3v) is 2.33. The zero-order valence-corrected chi connectivity index (χ0v) is 8.76. The van der Waals surface area contributed by atoms with Crippen LogP contribution in [-0.4, -0.2) is 17.1 Å². The van der Waals surface area contributed by atoms with E-state index >= 15 is 0 Å². The number of Topliss-reactive ketones (excluding diaryl/α,β-unsaturated/α-hetero) is 1. The standard InChI is InChI=1S/C8H4F3IO2/c9-8(10,11)7(14)4-1-2-6(13)5(12)3-4/h1-3,13H. The van der Waals surface area contributed by atoms with Gasteiger partial charge in [0.15, 0.2) is 0 Å². The highest BCUT2D eigenvalue weighted by Crippen LogP contribution is 2.25. The van der Waals surface area contributed by atoms with Crippen LogP contribution in [0.2, 0.25) is 0 Å². The first kappa shape index (κ1) is 11.3. The Morgan fingerprint density at radius 2 is 1.93 bits per heavy atom. The van der Waals surface area contributed by atoms with Gasteiger partial charge in [-0.2, -0.15) is 13.2 Å². The maximum atomic E-state index is 12.0. The number of halogens is 4. The Morgan fingerprint density at radius 3 is 2.36 bits per heavy atom. The van der Waals surface area contributed by atoms with Crippen molar-refractivity contribution >= 4 is 28.4 Å². The van der Waals surface area contributed by atoms with Crippen LogP contribution in [0.4, 0.5) is 13.2 Å². The summed E-state index contributed by atoms with van der Waals surface area (Å²) in [6.07, 6.45) is -4.87. The molecule has 0 saturated carbocycles. The maximum absolute atomic E-state index is 12.0. The van der Waals surface area contributed by atoms with Crippen LogP contribution in [0.1, 0.15) is 10.4 Å². The van der Waals surface area contributed by atoms with E-state index < -0.39 is 17.5 Å². The monoisotopic (exact) mass is 316 g/mol. The summed E-state index contributed by atoms with van der Waals surface area (Å²) in [6, 6.07) is 2.99. The van der Waals surface area contributed by atoms with E-state index in [1.165, 1.54) is 0 Å². The summed E-state index contributed by atoms with van der Waals surface area (Å²) in [4.78, 5) is 10.7. The molecule has 0 bridgehead atoms. The number of benzene rings is 1. The summed E-state index contributed by atoms with van der Waals surface area (Å²) in [6.45, 7) is 0. The molecule has 2 nitrogen and oxygen atoms in total. The van der Waals surface area contributed by atoms with Gasteiger partial charge in [0, 0.05) is 5.56 Å². The van der Waals surface area contributed by atoms with Crippen molar-refractivity contribution in [2.75, 3.05) is 0 Å². The predicted molar refractivity (Wildman–Crippen MR) is 51.2 cm³/mol. The summed E-state index contributed by atoms with van der Waals surface area (Å²) >= 11 is 1.64. The maximum Gasteiger partial charge on any atom is 0.454 e. The molecule has 0 aliphatic carbocycles. The molecule has 0 heterocycles. The second-order valence-electron chi connectivity index (χ2n) is 2.49. The quantitative estimate of drug-likeness (QED) is 0.639. The van der Waals surface area contributed by atoms with Gasteiger partial charge in [-0.15, -0.1) is 0 Å². The van der Waals surface area contributed by atoms with Crippen molar-refractivity contribution < 1.29 is 23.1 Å². The molecule has 14 heavy (non-hydrogen) atoms. The van der Waals surface area contributed by atoms with Crippen LogP contribution in [0, 0.1) is 3.57 Å². The Hall–Kier alpha value is -0.790. The largest absolute Gasteiger partial charge is 0.507 e. The highest BCUT2D eigenvalue weighted by Gasteiger charge is 2.39. The van der Waals surface area contributed by atoms with Crippen LogP contribution < -0.4 is 0 Å². The molecule has 1 aromatic rings. The van der Waals surface area contributed by atoms with E-state index in [-0.39, 0.29) is 9.32 Å². The van der Waals surface area contributed by atoms with E-state index in [4.69, 9.17) is 5.11 Å². The highest BCUT2D eigenvalue weighted by molar-refractivity contribution is 14.1. The van der Waals surface area contributed by atoms with Crippen LogP contribution in [-0.2, 0) is 0 Å². The summed E-state index contributed by atoms with van der Waals surface area (Å²) in [5.74, 6) is -2.06. The second-order valence-corrected chi connectivity index (χ2v) is 3.66. The van der Waals surface area contributed by atoms with Gasteiger partial charge in [0.25, 0.3) is 5.78 Å². The van der Waals surface area contributed by atoms with Gasteiger partial charge in [-0.25, -0.2) is 0 Å². The average molecular weight is 316 g/mol. The van der Waals surface area contributed by atoms with Gasteiger partial charge in [-0.3, -0.25) is 4.79 Å². The van der Waals surface area contributed by atoms with Gasteiger partial charge in [0.05, 0.1) is 3.57 Å².